The molecule has 4 N–H and O–H groups in total. The van der Waals surface area contributed by atoms with Gasteiger partial charge in [-0.05, 0) is 44.7 Å². The fraction of sp³-hybridized carbons (Fsp3) is 0.368. The van der Waals surface area contributed by atoms with Crippen LogP contribution >= 0.6 is 0 Å². The number of aliphatic hydroxyl groups is 1. The number of hydrogen-bond acceptors (Lipinski definition) is 7. The molecule has 0 atom stereocenters. The molecule has 0 amide bonds. The first-order valence-electron chi connectivity index (χ1n) is 9.43. The lowest BCUT2D eigenvalue weighted by atomic mass is 9.84. The number of aromatic nitrogens is 6. The number of nitrogens with zero attached hydrogens (tertiary/aromatic N) is 6. The maximum absolute atomic E-state index is 10.1. The largest absolute Gasteiger partial charge is 0.390 e. The molecule has 1 saturated carbocycles. The van der Waals surface area contributed by atoms with Crippen LogP contribution in [-0.2, 0) is 0 Å². The average Bonchev–Trinajstić information content (AvgIpc) is 3.29. The van der Waals surface area contributed by atoms with Crippen LogP contribution in [0.25, 0.3) is 22.4 Å². The minimum Gasteiger partial charge on any atom is -0.390 e. The van der Waals surface area contributed by atoms with Gasteiger partial charge in [-0.25, -0.2) is 14.0 Å². The van der Waals surface area contributed by atoms with Crippen molar-refractivity contribution >= 4 is 22.9 Å². The van der Waals surface area contributed by atoms with Crippen molar-refractivity contribution in [2.24, 2.45) is 0 Å². The Morgan fingerprint density at radius 1 is 1.14 bits per heavy atom. The Labute approximate surface area is 161 Å². The molecule has 0 aromatic carbocycles. The van der Waals surface area contributed by atoms with Crippen LogP contribution in [0.3, 0.4) is 0 Å². The van der Waals surface area contributed by atoms with Crippen LogP contribution in [0.15, 0.2) is 36.8 Å². The highest BCUT2D eigenvalue weighted by Gasteiger charge is 2.29. The molecule has 0 radical (unpaired) electrons. The van der Waals surface area contributed by atoms with Crippen molar-refractivity contribution in [2.45, 2.75) is 44.2 Å². The molecule has 0 saturated heterocycles. The molecule has 9 heteroatoms. The Morgan fingerprint density at radius 2 is 1.93 bits per heavy atom. The van der Waals surface area contributed by atoms with Crippen LogP contribution in [0.1, 0.15) is 32.6 Å². The van der Waals surface area contributed by atoms with Gasteiger partial charge in [0, 0.05) is 30.1 Å². The number of nitrogen functional groups attached to an aromatic ring is 1. The predicted molar refractivity (Wildman–Crippen MR) is 106 cm³/mol. The standard InChI is InChI=1S/C19H22N8O/c1-19(28)7-2-12(3-8-19)22-18-24-17(20)16-13(5-10-27(16)25-18)14-6-11-26-15(23-14)4-9-21-26/h4-6,9-12,28H,2-3,7-8H2,1H3,(H3,20,22,24,25). The minimum atomic E-state index is -0.568. The van der Waals surface area contributed by atoms with Crippen LogP contribution in [-0.4, -0.2) is 45.9 Å². The SMILES string of the molecule is CC1(O)CCC(Nc2nc(N)c3c(-c4ccn5nccc5n4)ccn3n2)CC1. The smallest absolute Gasteiger partial charge is 0.243 e. The summed E-state index contributed by atoms with van der Waals surface area (Å²) in [6.07, 6.45) is 8.72. The molecular weight excluding hydrogens is 356 g/mol. The average molecular weight is 378 g/mol. The van der Waals surface area contributed by atoms with Crippen LogP contribution in [0, 0.1) is 0 Å². The number of nitrogens with one attached hydrogen (secondary N) is 1. The molecular formula is C19H22N8O. The second-order valence-corrected chi connectivity index (χ2v) is 7.71. The molecule has 4 aromatic rings. The van der Waals surface area contributed by atoms with Crippen LogP contribution in [0.4, 0.5) is 11.8 Å². The summed E-state index contributed by atoms with van der Waals surface area (Å²) in [4.78, 5) is 9.10. The molecule has 5 rings (SSSR count). The minimum absolute atomic E-state index is 0.234. The van der Waals surface area contributed by atoms with Gasteiger partial charge in [0.05, 0.1) is 17.5 Å². The fourth-order valence-electron chi connectivity index (χ4n) is 3.85. The first kappa shape index (κ1) is 16.9. The molecule has 1 aliphatic carbocycles. The molecule has 4 heterocycles. The first-order valence-corrected chi connectivity index (χ1v) is 9.43. The number of fused-ring (bicyclic) bond motifs is 2. The van der Waals surface area contributed by atoms with E-state index in [0.29, 0.717) is 11.8 Å². The second-order valence-electron chi connectivity index (χ2n) is 7.71. The van der Waals surface area contributed by atoms with E-state index >= 15 is 0 Å². The molecule has 0 spiro atoms. The molecule has 9 nitrogen and oxygen atoms in total. The Morgan fingerprint density at radius 3 is 2.75 bits per heavy atom. The van der Waals surface area contributed by atoms with Gasteiger partial charge < -0.3 is 16.2 Å². The van der Waals surface area contributed by atoms with Crippen molar-refractivity contribution in [3.8, 4) is 11.3 Å². The van der Waals surface area contributed by atoms with E-state index in [2.05, 4.69) is 25.5 Å². The van der Waals surface area contributed by atoms with E-state index < -0.39 is 5.60 Å². The van der Waals surface area contributed by atoms with E-state index in [0.717, 1.165) is 48.1 Å². The van der Waals surface area contributed by atoms with Crippen molar-refractivity contribution in [3.05, 3.63) is 36.8 Å². The van der Waals surface area contributed by atoms with E-state index in [1.165, 1.54) is 0 Å². The maximum Gasteiger partial charge on any atom is 0.243 e. The predicted octanol–water partition coefficient (Wildman–Crippen LogP) is 2.13. The molecule has 0 unspecified atom stereocenters. The number of rotatable bonds is 3. The van der Waals surface area contributed by atoms with E-state index in [-0.39, 0.29) is 6.04 Å². The molecule has 0 aliphatic heterocycles. The van der Waals surface area contributed by atoms with Crippen molar-refractivity contribution in [2.75, 3.05) is 11.1 Å². The van der Waals surface area contributed by atoms with Crippen LogP contribution < -0.4 is 11.1 Å². The lowest BCUT2D eigenvalue weighted by molar-refractivity contribution is 0.0195. The summed E-state index contributed by atoms with van der Waals surface area (Å²) in [5.74, 6) is 0.897. The topological polar surface area (TPSA) is 119 Å². The van der Waals surface area contributed by atoms with Gasteiger partial charge in [0.15, 0.2) is 11.5 Å². The van der Waals surface area contributed by atoms with Gasteiger partial charge >= 0.3 is 0 Å². The number of nitrogens with two attached hydrogens (primary N) is 1. The second kappa shape index (κ2) is 6.16. The fourth-order valence-corrected chi connectivity index (χ4v) is 3.85. The molecule has 1 fully saturated rings. The van der Waals surface area contributed by atoms with Gasteiger partial charge in [0.1, 0.15) is 5.52 Å². The van der Waals surface area contributed by atoms with Crippen LogP contribution in [0.2, 0.25) is 0 Å². The highest BCUT2D eigenvalue weighted by molar-refractivity contribution is 5.86. The zero-order valence-electron chi connectivity index (χ0n) is 15.6. The summed E-state index contributed by atoms with van der Waals surface area (Å²) in [5.41, 5.74) is 8.88. The zero-order valence-corrected chi connectivity index (χ0v) is 15.6. The van der Waals surface area contributed by atoms with Crippen molar-refractivity contribution in [1.82, 2.24) is 29.2 Å². The Hall–Kier alpha value is -3.20. The van der Waals surface area contributed by atoms with Gasteiger partial charge in [0.2, 0.25) is 5.95 Å². The maximum atomic E-state index is 10.1. The summed E-state index contributed by atoms with van der Waals surface area (Å²) >= 11 is 0. The van der Waals surface area contributed by atoms with Gasteiger partial charge in [-0.15, -0.1) is 5.10 Å². The van der Waals surface area contributed by atoms with Crippen LogP contribution in [0.5, 0.6) is 0 Å². The third kappa shape index (κ3) is 2.93. The summed E-state index contributed by atoms with van der Waals surface area (Å²) < 4.78 is 3.45. The molecule has 28 heavy (non-hydrogen) atoms. The number of hydrogen-bond donors (Lipinski definition) is 3. The third-order valence-electron chi connectivity index (χ3n) is 5.47. The monoisotopic (exact) mass is 378 g/mol. The zero-order chi connectivity index (χ0) is 19.3. The Kier molecular flexibility index (Phi) is 3.73. The Bertz CT molecular complexity index is 1150. The lowest BCUT2D eigenvalue weighted by Gasteiger charge is -2.33. The summed E-state index contributed by atoms with van der Waals surface area (Å²) in [7, 11) is 0. The third-order valence-corrected chi connectivity index (χ3v) is 5.47. The summed E-state index contributed by atoms with van der Waals surface area (Å²) in [6.45, 7) is 1.89. The normalized spacial score (nSPS) is 22.7. The molecule has 4 aromatic heterocycles. The highest BCUT2D eigenvalue weighted by Crippen LogP contribution is 2.30. The highest BCUT2D eigenvalue weighted by atomic mass is 16.3. The summed E-state index contributed by atoms with van der Waals surface area (Å²) in [6, 6.07) is 5.93. The quantitative estimate of drug-likeness (QED) is 0.500. The lowest BCUT2D eigenvalue weighted by Crippen LogP contribution is -2.36. The summed E-state index contributed by atoms with van der Waals surface area (Å²) in [5, 5.41) is 22.2. The van der Waals surface area contributed by atoms with Crippen molar-refractivity contribution < 1.29 is 5.11 Å². The first-order chi connectivity index (χ1) is 13.5. The number of anilines is 2. The van der Waals surface area contributed by atoms with Gasteiger partial charge in [-0.1, -0.05) is 0 Å². The molecule has 1 aliphatic rings. The Balaban J connectivity index is 1.46. The van der Waals surface area contributed by atoms with Gasteiger partial charge in [-0.3, -0.25) is 0 Å². The van der Waals surface area contributed by atoms with E-state index in [1.807, 2.05) is 37.5 Å². The van der Waals surface area contributed by atoms with Crippen molar-refractivity contribution in [1.29, 1.82) is 0 Å². The molecule has 144 valence electrons. The van der Waals surface area contributed by atoms with Crippen molar-refractivity contribution in [3.63, 3.8) is 0 Å². The van der Waals surface area contributed by atoms with E-state index in [9.17, 15) is 5.11 Å². The van der Waals surface area contributed by atoms with E-state index in [4.69, 9.17) is 5.73 Å². The molecule has 0 bridgehead atoms. The van der Waals surface area contributed by atoms with Gasteiger partial charge in [0.25, 0.3) is 0 Å². The van der Waals surface area contributed by atoms with Gasteiger partial charge in [-0.2, -0.15) is 10.1 Å². The van der Waals surface area contributed by atoms with E-state index in [1.54, 1.807) is 15.2 Å².